The van der Waals surface area contributed by atoms with Gasteiger partial charge in [0.05, 0.1) is 7.14 Å². The summed E-state index contributed by atoms with van der Waals surface area (Å²) in [5, 5.41) is 3.27. The van der Waals surface area contributed by atoms with E-state index < -0.39 is 0 Å². The third-order valence-electron chi connectivity index (χ3n) is 2.75. The fraction of sp³-hybridized carbons (Fsp3) is 0.455. The molecule has 0 unspecified atom stereocenters. The van der Waals surface area contributed by atoms with Gasteiger partial charge in [-0.25, -0.2) is 0 Å². The molecule has 0 radical (unpaired) electrons. The fourth-order valence-corrected chi connectivity index (χ4v) is 5.54. The van der Waals surface area contributed by atoms with E-state index in [0.717, 1.165) is 18.6 Å². The lowest BCUT2D eigenvalue weighted by Gasteiger charge is -2.35. The minimum absolute atomic E-state index is 0.388. The number of halogens is 3. The lowest BCUT2D eigenvalue weighted by atomic mass is 9.89. The molecule has 0 aliphatic heterocycles. The molecule has 0 amide bonds. The zero-order valence-electron chi connectivity index (χ0n) is 8.77. The van der Waals surface area contributed by atoms with E-state index in [1.807, 2.05) is 7.05 Å². The van der Waals surface area contributed by atoms with Crippen molar-refractivity contribution in [3.05, 3.63) is 22.8 Å². The molecule has 2 rings (SSSR count). The monoisotopic (exact) mass is 555 g/mol. The van der Waals surface area contributed by atoms with E-state index >= 15 is 0 Å². The Morgan fingerprint density at radius 2 is 1.75 bits per heavy atom. The summed E-state index contributed by atoms with van der Waals surface area (Å²) in [6, 6.07) is 4.96. The maximum absolute atomic E-state index is 6.04. The smallest absolute Gasteiger partial charge is 0.146 e. The molecule has 1 aromatic carbocycles. The third kappa shape index (κ3) is 3.14. The van der Waals surface area contributed by atoms with Crippen LogP contribution < -0.4 is 10.1 Å². The molecule has 0 atom stereocenters. The van der Waals surface area contributed by atoms with Gasteiger partial charge in [-0.2, -0.15) is 0 Å². The van der Waals surface area contributed by atoms with E-state index in [-0.39, 0.29) is 0 Å². The summed E-state index contributed by atoms with van der Waals surface area (Å²) in [6.07, 6.45) is 2.63. The van der Waals surface area contributed by atoms with Crippen molar-refractivity contribution in [3.63, 3.8) is 0 Å². The van der Waals surface area contributed by atoms with Crippen molar-refractivity contribution in [1.82, 2.24) is 5.32 Å². The van der Waals surface area contributed by atoms with Crippen LogP contribution in [0, 0.1) is 10.7 Å². The van der Waals surface area contributed by atoms with Gasteiger partial charge in [-0.3, -0.25) is 0 Å². The summed E-state index contributed by atoms with van der Waals surface area (Å²) >= 11 is 7.04. The largest absolute Gasteiger partial charge is 0.488 e. The van der Waals surface area contributed by atoms with Gasteiger partial charge in [-0.05, 0) is 99.8 Å². The molecule has 0 saturated heterocycles. The molecule has 16 heavy (non-hydrogen) atoms. The highest BCUT2D eigenvalue weighted by atomic mass is 127. The summed E-state index contributed by atoms with van der Waals surface area (Å²) < 4.78 is 9.72. The van der Waals surface area contributed by atoms with E-state index in [4.69, 9.17) is 4.74 Å². The second kappa shape index (κ2) is 5.87. The van der Waals surface area contributed by atoms with E-state index in [9.17, 15) is 0 Å². The van der Waals surface area contributed by atoms with Crippen molar-refractivity contribution in [2.24, 2.45) is 0 Å². The Morgan fingerprint density at radius 1 is 1.19 bits per heavy atom. The van der Waals surface area contributed by atoms with Crippen LogP contribution in [0.15, 0.2) is 12.1 Å². The molecule has 1 aromatic rings. The lowest BCUT2D eigenvalue weighted by Crippen LogP contribution is -2.45. The quantitative estimate of drug-likeness (QED) is 0.577. The first-order chi connectivity index (χ1) is 7.60. The normalized spacial score (nSPS) is 24.0. The fourth-order valence-electron chi connectivity index (χ4n) is 1.71. The van der Waals surface area contributed by atoms with E-state index in [0.29, 0.717) is 12.1 Å². The first-order valence-electron chi connectivity index (χ1n) is 5.08. The predicted octanol–water partition coefficient (Wildman–Crippen LogP) is 3.63. The molecule has 1 aliphatic carbocycles. The maximum Gasteiger partial charge on any atom is 0.146 e. The van der Waals surface area contributed by atoms with Crippen LogP contribution in [-0.4, -0.2) is 19.2 Å². The molecule has 0 bridgehead atoms. The van der Waals surface area contributed by atoms with Gasteiger partial charge in [0.1, 0.15) is 11.9 Å². The summed E-state index contributed by atoms with van der Waals surface area (Å²) in [6.45, 7) is 0. The van der Waals surface area contributed by atoms with Crippen LogP contribution in [0.3, 0.4) is 0 Å². The van der Waals surface area contributed by atoms with E-state index in [1.165, 1.54) is 10.7 Å². The molecule has 2 nitrogen and oxygen atoms in total. The predicted molar refractivity (Wildman–Crippen MR) is 91.1 cm³/mol. The standard InChI is InChI=1S/C11H12I3NO/c1-15-7-4-8(5-7)16-11-9(13)2-6(12)3-10(11)14/h2-3,7-8,15H,4-5H2,1H3. The Morgan fingerprint density at radius 3 is 2.25 bits per heavy atom. The molecule has 0 heterocycles. The molecule has 1 aliphatic rings. The van der Waals surface area contributed by atoms with Crippen LogP contribution in [0.1, 0.15) is 12.8 Å². The number of benzene rings is 1. The van der Waals surface area contributed by atoms with Crippen LogP contribution in [0.5, 0.6) is 5.75 Å². The first-order valence-corrected chi connectivity index (χ1v) is 8.32. The molecule has 1 N–H and O–H groups in total. The molecule has 0 aromatic heterocycles. The van der Waals surface area contributed by atoms with Gasteiger partial charge >= 0.3 is 0 Å². The summed E-state index contributed by atoms with van der Waals surface area (Å²) in [5.74, 6) is 1.06. The molecule has 0 spiro atoms. The van der Waals surface area contributed by atoms with Crippen molar-refractivity contribution in [1.29, 1.82) is 0 Å². The summed E-state index contributed by atoms with van der Waals surface area (Å²) in [7, 11) is 2.01. The van der Waals surface area contributed by atoms with Gasteiger partial charge in [0.2, 0.25) is 0 Å². The highest BCUT2D eigenvalue weighted by molar-refractivity contribution is 14.1. The molecule has 1 fully saturated rings. The SMILES string of the molecule is CNC1CC(Oc2c(I)cc(I)cc2I)C1. The van der Waals surface area contributed by atoms with Crippen molar-refractivity contribution in [3.8, 4) is 5.75 Å². The van der Waals surface area contributed by atoms with Crippen molar-refractivity contribution in [2.45, 2.75) is 25.0 Å². The Kier molecular flexibility index (Phi) is 4.99. The number of rotatable bonds is 3. The Bertz CT molecular complexity index is 368. The average Bonchev–Trinajstić information content (AvgIpc) is 2.13. The van der Waals surface area contributed by atoms with Crippen molar-refractivity contribution < 1.29 is 4.74 Å². The summed E-state index contributed by atoms with van der Waals surface area (Å²) in [5.41, 5.74) is 0. The average molecular weight is 555 g/mol. The molecular weight excluding hydrogens is 543 g/mol. The van der Waals surface area contributed by atoms with Crippen LogP contribution in [-0.2, 0) is 0 Å². The Labute approximate surface area is 137 Å². The number of ether oxygens (including phenoxy) is 1. The second-order valence-electron chi connectivity index (χ2n) is 3.90. The topological polar surface area (TPSA) is 21.3 Å². The molecule has 1 saturated carbocycles. The van der Waals surface area contributed by atoms with E-state index in [2.05, 4.69) is 85.2 Å². The minimum Gasteiger partial charge on any atom is -0.488 e. The first kappa shape index (κ1) is 13.6. The maximum atomic E-state index is 6.04. The number of hydrogen-bond donors (Lipinski definition) is 1. The highest BCUT2D eigenvalue weighted by Gasteiger charge is 2.30. The van der Waals surface area contributed by atoms with Gasteiger partial charge in [0.25, 0.3) is 0 Å². The lowest BCUT2D eigenvalue weighted by molar-refractivity contribution is 0.0867. The van der Waals surface area contributed by atoms with Crippen LogP contribution in [0.4, 0.5) is 0 Å². The zero-order chi connectivity index (χ0) is 11.7. The van der Waals surface area contributed by atoms with Crippen molar-refractivity contribution >= 4 is 67.8 Å². The van der Waals surface area contributed by atoms with Gasteiger partial charge in [0, 0.05) is 9.61 Å². The summed E-state index contributed by atoms with van der Waals surface area (Å²) in [4.78, 5) is 0. The van der Waals surface area contributed by atoms with Gasteiger partial charge in [0.15, 0.2) is 0 Å². The molecule has 88 valence electrons. The van der Waals surface area contributed by atoms with Gasteiger partial charge in [-0.15, -0.1) is 0 Å². The molecule has 5 heteroatoms. The van der Waals surface area contributed by atoms with E-state index in [1.54, 1.807) is 0 Å². The number of nitrogens with one attached hydrogen (secondary N) is 1. The Balaban J connectivity index is 2.05. The minimum atomic E-state index is 0.388. The van der Waals surface area contributed by atoms with Gasteiger partial charge < -0.3 is 10.1 Å². The van der Waals surface area contributed by atoms with Crippen LogP contribution in [0.25, 0.3) is 0 Å². The van der Waals surface area contributed by atoms with Crippen LogP contribution in [0.2, 0.25) is 0 Å². The van der Waals surface area contributed by atoms with Crippen LogP contribution >= 0.6 is 67.8 Å². The van der Waals surface area contributed by atoms with Crippen molar-refractivity contribution in [2.75, 3.05) is 7.05 Å². The third-order valence-corrected chi connectivity index (χ3v) is 4.98. The molecular formula is C11H12I3NO. The number of hydrogen-bond acceptors (Lipinski definition) is 2. The Hall–Kier alpha value is 1.17. The second-order valence-corrected chi connectivity index (χ2v) is 7.47. The highest BCUT2D eigenvalue weighted by Crippen LogP contribution is 2.33. The zero-order valence-corrected chi connectivity index (χ0v) is 15.2. The van der Waals surface area contributed by atoms with Gasteiger partial charge in [-0.1, -0.05) is 0 Å².